The quantitative estimate of drug-likeness (QED) is 0.802. The predicted octanol–water partition coefficient (Wildman–Crippen LogP) is 3.06. The Labute approximate surface area is 115 Å². The van der Waals surface area contributed by atoms with Crippen LogP contribution in [0, 0.1) is 5.82 Å². The lowest BCUT2D eigenvalue weighted by molar-refractivity contribution is -0.137. The molecule has 1 heterocycles. The van der Waals surface area contributed by atoms with Gasteiger partial charge < -0.3 is 10.2 Å². The van der Waals surface area contributed by atoms with Crippen molar-refractivity contribution in [2.24, 2.45) is 0 Å². The molecule has 1 unspecified atom stereocenters. The van der Waals surface area contributed by atoms with Crippen molar-refractivity contribution in [3.63, 3.8) is 0 Å². The maximum Gasteiger partial charge on any atom is 0.416 e. The molecule has 108 valence electrons. The van der Waals surface area contributed by atoms with Crippen molar-refractivity contribution >= 4 is 18.1 Å². The molecule has 1 aromatic carbocycles. The van der Waals surface area contributed by atoms with Gasteiger partial charge in [-0.25, -0.2) is 4.39 Å². The summed E-state index contributed by atoms with van der Waals surface area (Å²) >= 11 is 0. The van der Waals surface area contributed by atoms with Crippen LogP contribution in [0.2, 0.25) is 0 Å². The highest BCUT2D eigenvalue weighted by molar-refractivity contribution is 5.85. The fourth-order valence-corrected chi connectivity index (χ4v) is 2.13. The number of alkyl halides is 3. The second kappa shape index (κ2) is 5.96. The van der Waals surface area contributed by atoms with Crippen molar-refractivity contribution < 1.29 is 17.6 Å². The summed E-state index contributed by atoms with van der Waals surface area (Å²) in [7, 11) is 0. The molecule has 0 bridgehead atoms. The van der Waals surface area contributed by atoms with E-state index in [1.165, 1.54) is 0 Å². The van der Waals surface area contributed by atoms with Gasteiger partial charge in [0.2, 0.25) is 0 Å². The van der Waals surface area contributed by atoms with Gasteiger partial charge >= 0.3 is 6.18 Å². The molecule has 2 rings (SSSR count). The zero-order valence-corrected chi connectivity index (χ0v) is 11.1. The summed E-state index contributed by atoms with van der Waals surface area (Å²) in [6.45, 7) is 3.83. The van der Waals surface area contributed by atoms with E-state index in [-0.39, 0.29) is 24.1 Å². The number of halogens is 5. The topological polar surface area (TPSA) is 15.3 Å². The van der Waals surface area contributed by atoms with Gasteiger partial charge in [0, 0.05) is 31.4 Å². The number of anilines is 1. The summed E-state index contributed by atoms with van der Waals surface area (Å²) in [5.74, 6) is -0.856. The van der Waals surface area contributed by atoms with E-state index >= 15 is 0 Å². The highest BCUT2D eigenvalue weighted by Gasteiger charge is 2.32. The monoisotopic (exact) mass is 298 g/mol. The van der Waals surface area contributed by atoms with Gasteiger partial charge in [-0.2, -0.15) is 13.2 Å². The predicted molar refractivity (Wildman–Crippen MR) is 68.3 cm³/mol. The summed E-state index contributed by atoms with van der Waals surface area (Å²) in [6.07, 6.45) is -4.52. The Balaban J connectivity index is 0.00000180. The van der Waals surface area contributed by atoms with Crippen LogP contribution >= 0.6 is 12.4 Å². The molecule has 0 aliphatic carbocycles. The van der Waals surface area contributed by atoms with Gasteiger partial charge in [-0.15, -0.1) is 12.4 Å². The minimum absolute atomic E-state index is 0. The van der Waals surface area contributed by atoms with Gasteiger partial charge in [-0.3, -0.25) is 0 Å². The minimum atomic E-state index is -4.52. The largest absolute Gasteiger partial charge is 0.416 e. The average Bonchev–Trinajstić information content (AvgIpc) is 2.27. The highest BCUT2D eigenvalue weighted by atomic mass is 35.5. The van der Waals surface area contributed by atoms with Gasteiger partial charge in [0.15, 0.2) is 0 Å². The number of nitrogens with zero attached hydrogens (tertiary/aromatic N) is 1. The Morgan fingerprint density at radius 2 is 1.95 bits per heavy atom. The Morgan fingerprint density at radius 1 is 1.26 bits per heavy atom. The van der Waals surface area contributed by atoms with Crippen LogP contribution in [0.4, 0.5) is 23.2 Å². The van der Waals surface area contributed by atoms with Crippen molar-refractivity contribution in [2.45, 2.75) is 19.1 Å². The first-order chi connectivity index (χ1) is 8.38. The lowest BCUT2D eigenvalue weighted by atomic mass is 10.1. The summed E-state index contributed by atoms with van der Waals surface area (Å²) < 4.78 is 51.1. The molecule has 0 amide bonds. The molecule has 7 heteroatoms. The van der Waals surface area contributed by atoms with E-state index in [2.05, 4.69) is 5.32 Å². The summed E-state index contributed by atoms with van der Waals surface area (Å²) in [5.41, 5.74) is -0.653. The van der Waals surface area contributed by atoms with Gasteiger partial charge in [0.1, 0.15) is 5.82 Å². The van der Waals surface area contributed by atoms with E-state index in [0.29, 0.717) is 25.7 Å². The van der Waals surface area contributed by atoms with Gasteiger partial charge in [-0.1, -0.05) is 0 Å². The molecule has 0 aromatic heterocycles. The fraction of sp³-hybridized carbons (Fsp3) is 0.500. The molecule has 0 spiro atoms. The summed E-state index contributed by atoms with van der Waals surface area (Å²) in [4.78, 5) is 1.79. The van der Waals surface area contributed by atoms with E-state index in [1.54, 1.807) is 4.90 Å². The second-order valence-corrected chi connectivity index (χ2v) is 4.44. The lowest BCUT2D eigenvalue weighted by Gasteiger charge is -2.36. The standard InChI is InChI=1S/C12H14F4N2.ClH/c1-8-7-17-2-3-18(8)11-5-9(12(14,15)16)4-10(13)6-11;/h4-6,8,17H,2-3,7H2,1H3;1H. The molecular formula is C12H15ClF4N2. The van der Waals surface area contributed by atoms with Crippen LogP contribution < -0.4 is 10.2 Å². The number of piperazine rings is 1. The van der Waals surface area contributed by atoms with E-state index in [1.807, 2.05) is 6.92 Å². The summed E-state index contributed by atoms with van der Waals surface area (Å²) in [5, 5.41) is 3.14. The Bertz CT molecular complexity index is 436. The molecule has 2 nitrogen and oxygen atoms in total. The van der Waals surface area contributed by atoms with Crippen LogP contribution in [0.3, 0.4) is 0 Å². The van der Waals surface area contributed by atoms with E-state index in [9.17, 15) is 17.6 Å². The fourth-order valence-electron chi connectivity index (χ4n) is 2.13. The molecule has 19 heavy (non-hydrogen) atoms. The maximum absolute atomic E-state index is 13.3. The van der Waals surface area contributed by atoms with Crippen LogP contribution in [0.5, 0.6) is 0 Å². The molecule has 0 radical (unpaired) electrons. The Morgan fingerprint density at radius 3 is 2.53 bits per heavy atom. The average molecular weight is 299 g/mol. The number of benzene rings is 1. The SMILES string of the molecule is CC1CNCCN1c1cc(F)cc(C(F)(F)F)c1.Cl. The molecule has 1 saturated heterocycles. The third-order valence-corrected chi connectivity index (χ3v) is 3.04. The first kappa shape index (κ1) is 16.0. The molecule has 1 aromatic rings. The van der Waals surface area contributed by atoms with Crippen LogP contribution in [-0.4, -0.2) is 25.7 Å². The molecule has 1 N–H and O–H groups in total. The van der Waals surface area contributed by atoms with Crippen LogP contribution in [0.15, 0.2) is 18.2 Å². The number of hydrogen-bond acceptors (Lipinski definition) is 2. The van der Waals surface area contributed by atoms with Crippen molar-refractivity contribution in [3.05, 3.63) is 29.6 Å². The van der Waals surface area contributed by atoms with Gasteiger partial charge in [0.05, 0.1) is 5.56 Å². The lowest BCUT2D eigenvalue weighted by Crippen LogP contribution is -2.50. The second-order valence-electron chi connectivity index (χ2n) is 4.44. The maximum atomic E-state index is 13.3. The number of rotatable bonds is 1. The van der Waals surface area contributed by atoms with Gasteiger partial charge in [0.25, 0.3) is 0 Å². The molecule has 0 saturated carbocycles. The van der Waals surface area contributed by atoms with E-state index in [0.717, 1.165) is 12.1 Å². The smallest absolute Gasteiger partial charge is 0.366 e. The van der Waals surface area contributed by atoms with E-state index < -0.39 is 17.6 Å². The van der Waals surface area contributed by atoms with Crippen LogP contribution in [0.1, 0.15) is 12.5 Å². The van der Waals surface area contributed by atoms with Crippen LogP contribution in [0.25, 0.3) is 0 Å². The molecule has 1 aliphatic rings. The number of nitrogens with one attached hydrogen (secondary N) is 1. The summed E-state index contributed by atoms with van der Waals surface area (Å²) in [6, 6.07) is 2.72. The van der Waals surface area contributed by atoms with E-state index in [4.69, 9.17) is 0 Å². The zero-order valence-electron chi connectivity index (χ0n) is 10.3. The van der Waals surface area contributed by atoms with Crippen molar-refractivity contribution in [1.29, 1.82) is 0 Å². The normalized spacial score (nSPS) is 20.1. The van der Waals surface area contributed by atoms with Crippen LogP contribution in [-0.2, 0) is 6.18 Å². The third kappa shape index (κ3) is 3.73. The van der Waals surface area contributed by atoms with Gasteiger partial charge in [-0.05, 0) is 25.1 Å². The molecule has 1 aliphatic heterocycles. The Kier molecular flexibility index (Phi) is 5.04. The molecule has 1 atom stereocenters. The zero-order chi connectivity index (χ0) is 13.3. The minimum Gasteiger partial charge on any atom is -0.366 e. The molecule has 1 fully saturated rings. The number of hydrogen-bond donors (Lipinski definition) is 1. The van der Waals surface area contributed by atoms with Crippen molar-refractivity contribution in [1.82, 2.24) is 5.32 Å². The first-order valence-electron chi connectivity index (χ1n) is 5.73. The highest BCUT2D eigenvalue weighted by Crippen LogP contribution is 2.33. The van der Waals surface area contributed by atoms with Crippen molar-refractivity contribution in [3.8, 4) is 0 Å². The third-order valence-electron chi connectivity index (χ3n) is 3.04. The first-order valence-corrected chi connectivity index (χ1v) is 5.73. The van der Waals surface area contributed by atoms with Crippen molar-refractivity contribution in [2.75, 3.05) is 24.5 Å². The Hall–Kier alpha value is -1.01. The molecular weight excluding hydrogens is 284 g/mol.